The number of anilines is 1. The Balaban J connectivity index is 1.67. The molecule has 2 rings (SSSR count). The molecule has 0 unspecified atom stereocenters. The third-order valence-corrected chi connectivity index (χ3v) is 3.14. The number of hydrogen-bond donors (Lipinski definition) is 2. The summed E-state index contributed by atoms with van der Waals surface area (Å²) in [6, 6.07) is 8.45. The summed E-state index contributed by atoms with van der Waals surface area (Å²) in [5, 5.41) is 22.7. The maximum Gasteiger partial charge on any atom is 0.321 e. The molecule has 1 aromatic heterocycles. The Morgan fingerprint density at radius 1 is 1.38 bits per heavy atom. The number of amides is 2. The molecule has 21 heavy (non-hydrogen) atoms. The smallest absolute Gasteiger partial charge is 0.321 e. The summed E-state index contributed by atoms with van der Waals surface area (Å²) >= 11 is 1.30. The SMILES string of the molecule is Cc1nnc(NC(=O)NCCOc2ccc(C#N)cc2)s1. The summed E-state index contributed by atoms with van der Waals surface area (Å²) in [7, 11) is 0. The van der Waals surface area contributed by atoms with Crippen molar-refractivity contribution >= 4 is 22.5 Å². The second-order valence-electron chi connectivity index (χ2n) is 3.99. The molecule has 0 aliphatic heterocycles. The molecule has 0 atom stereocenters. The van der Waals surface area contributed by atoms with Crippen LogP contribution in [-0.4, -0.2) is 29.4 Å². The van der Waals surface area contributed by atoms with Crippen LogP contribution in [-0.2, 0) is 0 Å². The highest BCUT2D eigenvalue weighted by atomic mass is 32.1. The fourth-order valence-corrected chi connectivity index (χ4v) is 2.03. The number of urea groups is 1. The van der Waals surface area contributed by atoms with Gasteiger partial charge in [-0.25, -0.2) is 4.79 Å². The molecule has 1 aromatic carbocycles. The highest BCUT2D eigenvalue weighted by molar-refractivity contribution is 7.15. The summed E-state index contributed by atoms with van der Waals surface area (Å²) in [5.41, 5.74) is 0.576. The van der Waals surface area contributed by atoms with Gasteiger partial charge < -0.3 is 10.1 Å². The second kappa shape index (κ2) is 7.21. The summed E-state index contributed by atoms with van der Waals surface area (Å²) in [4.78, 5) is 11.5. The van der Waals surface area contributed by atoms with Gasteiger partial charge in [-0.3, -0.25) is 5.32 Å². The van der Waals surface area contributed by atoms with E-state index < -0.39 is 0 Å². The number of aromatic nitrogens is 2. The van der Waals surface area contributed by atoms with Crippen LogP contribution in [0.4, 0.5) is 9.93 Å². The highest BCUT2D eigenvalue weighted by Crippen LogP contribution is 2.13. The van der Waals surface area contributed by atoms with Crippen LogP contribution < -0.4 is 15.4 Å². The number of nitrogens with zero attached hydrogens (tertiary/aromatic N) is 3. The number of carbonyl (C=O) groups is 1. The third-order valence-electron chi connectivity index (χ3n) is 2.39. The van der Waals surface area contributed by atoms with Crippen molar-refractivity contribution in [3.8, 4) is 11.8 Å². The Hall–Kier alpha value is -2.66. The molecule has 0 aliphatic carbocycles. The first kappa shape index (κ1) is 14.7. The number of nitrogens with one attached hydrogen (secondary N) is 2. The third kappa shape index (κ3) is 4.74. The van der Waals surface area contributed by atoms with Crippen molar-refractivity contribution in [1.82, 2.24) is 15.5 Å². The zero-order chi connectivity index (χ0) is 15.1. The van der Waals surface area contributed by atoms with Crippen LogP contribution in [0, 0.1) is 18.3 Å². The van der Waals surface area contributed by atoms with Crippen LogP contribution in [0.15, 0.2) is 24.3 Å². The highest BCUT2D eigenvalue weighted by Gasteiger charge is 2.05. The molecule has 0 bridgehead atoms. The first-order valence-corrected chi connectivity index (χ1v) is 6.97. The number of hydrogen-bond acceptors (Lipinski definition) is 6. The molecule has 0 saturated carbocycles. The van der Waals surface area contributed by atoms with E-state index in [0.717, 1.165) is 5.01 Å². The van der Waals surface area contributed by atoms with Crippen LogP contribution in [0.25, 0.3) is 0 Å². The Labute approximate surface area is 125 Å². The molecule has 2 amide bonds. The normalized spacial score (nSPS) is 9.71. The number of ether oxygens (including phenoxy) is 1. The van der Waals surface area contributed by atoms with Gasteiger partial charge in [0.15, 0.2) is 0 Å². The van der Waals surface area contributed by atoms with Gasteiger partial charge in [-0.15, -0.1) is 10.2 Å². The number of benzene rings is 1. The van der Waals surface area contributed by atoms with Crippen molar-refractivity contribution in [3.05, 3.63) is 34.8 Å². The van der Waals surface area contributed by atoms with E-state index in [4.69, 9.17) is 10.00 Å². The second-order valence-corrected chi connectivity index (χ2v) is 5.17. The van der Waals surface area contributed by atoms with Crippen LogP contribution in [0.1, 0.15) is 10.6 Å². The first-order chi connectivity index (χ1) is 10.2. The van der Waals surface area contributed by atoms with E-state index in [2.05, 4.69) is 20.8 Å². The Morgan fingerprint density at radius 2 is 2.14 bits per heavy atom. The zero-order valence-corrected chi connectivity index (χ0v) is 12.1. The maximum absolute atomic E-state index is 11.5. The summed E-state index contributed by atoms with van der Waals surface area (Å²) < 4.78 is 5.43. The van der Waals surface area contributed by atoms with Gasteiger partial charge in [0.05, 0.1) is 18.2 Å². The van der Waals surface area contributed by atoms with E-state index in [1.165, 1.54) is 11.3 Å². The van der Waals surface area contributed by atoms with Crippen molar-refractivity contribution in [3.63, 3.8) is 0 Å². The molecule has 2 N–H and O–H groups in total. The molecular weight excluding hydrogens is 290 g/mol. The molecule has 108 valence electrons. The predicted molar refractivity (Wildman–Crippen MR) is 78.3 cm³/mol. The van der Waals surface area contributed by atoms with E-state index in [1.54, 1.807) is 24.3 Å². The summed E-state index contributed by atoms with van der Waals surface area (Å²) in [5.74, 6) is 0.649. The molecule has 0 fully saturated rings. The van der Waals surface area contributed by atoms with Crippen LogP contribution in [0.3, 0.4) is 0 Å². The Kier molecular flexibility index (Phi) is 5.06. The molecule has 2 aromatic rings. The van der Waals surface area contributed by atoms with Gasteiger partial charge in [-0.2, -0.15) is 5.26 Å². The predicted octanol–water partition coefficient (Wildman–Crippen LogP) is 1.92. The van der Waals surface area contributed by atoms with Gasteiger partial charge in [0.1, 0.15) is 17.4 Å². The molecule has 0 radical (unpaired) electrons. The van der Waals surface area contributed by atoms with Gasteiger partial charge in [0, 0.05) is 0 Å². The van der Waals surface area contributed by atoms with Crippen molar-refractivity contribution in [1.29, 1.82) is 5.26 Å². The van der Waals surface area contributed by atoms with Gasteiger partial charge in [0.25, 0.3) is 0 Å². The fourth-order valence-electron chi connectivity index (χ4n) is 1.45. The van der Waals surface area contributed by atoms with Crippen molar-refractivity contribution in [2.75, 3.05) is 18.5 Å². The van der Waals surface area contributed by atoms with Gasteiger partial charge in [-0.05, 0) is 31.2 Å². The summed E-state index contributed by atoms with van der Waals surface area (Å²) in [6.07, 6.45) is 0. The van der Waals surface area contributed by atoms with Gasteiger partial charge in [-0.1, -0.05) is 11.3 Å². The van der Waals surface area contributed by atoms with Crippen LogP contribution in [0.5, 0.6) is 5.75 Å². The van der Waals surface area contributed by atoms with E-state index in [0.29, 0.717) is 29.6 Å². The van der Waals surface area contributed by atoms with Crippen molar-refractivity contribution in [2.45, 2.75) is 6.92 Å². The molecule has 8 heteroatoms. The first-order valence-electron chi connectivity index (χ1n) is 6.15. The molecular formula is C13H13N5O2S. The van der Waals surface area contributed by atoms with Crippen LogP contribution in [0.2, 0.25) is 0 Å². The Morgan fingerprint density at radius 3 is 2.76 bits per heavy atom. The molecule has 0 aliphatic rings. The lowest BCUT2D eigenvalue weighted by molar-refractivity contribution is 0.247. The largest absolute Gasteiger partial charge is 0.492 e. The lowest BCUT2D eigenvalue weighted by Gasteiger charge is -2.07. The Bertz CT molecular complexity index is 647. The quantitative estimate of drug-likeness (QED) is 0.822. The minimum Gasteiger partial charge on any atom is -0.492 e. The van der Waals surface area contributed by atoms with Crippen molar-refractivity contribution < 1.29 is 9.53 Å². The number of aryl methyl sites for hydroxylation is 1. The molecule has 0 saturated heterocycles. The standard InChI is InChI=1S/C13H13N5O2S/c1-9-17-18-13(21-9)16-12(19)15-6-7-20-11-4-2-10(8-14)3-5-11/h2-5H,6-7H2,1H3,(H2,15,16,18,19). The molecule has 1 heterocycles. The lowest BCUT2D eigenvalue weighted by atomic mass is 10.2. The minimum absolute atomic E-state index is 0.328. The molecule has 7 nitrogen and oxygen atoms in total. The number of nitriles is 1. The topological polar surface area (TPSA) is 99.9 Å². The molecule has 0 spiro atoms. The maximum atomic E-state index is 11.5. The minimum atomic E-state index is -0.352. The summed E-state index contributed by atoms with van der Waals surface area (Å²) in [6.45, 7) is 2.49. The van der Waals surface area contributed by atoms with Crippen LogP contribution >= 0.6 is 11.3 Å². The average molecular weight is 303 g/mol. The fraction of sp³-hybridized carbons (Fsp3) is 0.231. The van der Waals surface area contributed by atoms with E-state index in [-0.39, 0.29) is 6.03 Å². The number of carbonyl (C=O) groups excluding carboxylic acids is 1. The van der Waals surface area contributed by atoms with E-state index in [9.17, 15) is 4.79 Å². The average Bonchev–Trinajstić information content (AvgIpc) is 2.89. The van der Waals surface area contributed by atoms with Gasteiger partial charge >= 0.3 is 6.03 Å². The zero-order valence-electron chi connectivity index (χ0n) is 11.3. The van der Waals surface area contributed by atoms with Gasteiger partial charge in [0.2, 0.25) is 5.13 Å². The van der Waals surface area contributed by atoms with E-state index >= 15 is 0 Å². The monoisotopic (exact) mass is 303 g/mol. The number of rotatable bonds is 5. The lowest BCUT2D eigenvalue weighted by Crippen LogP contribution is -2.32. The van der Waals surface area contributed by atoms with Crippen molar-refractivity contribution in [2.24, 2.45) is 0 Å². The van der Waals surface area contributed by atoms with E-state index in [1.807, 2.05) is 13.0 Å².